The lowest BCUT2D eigenvalue weighted by atomic mass is 10.2. The molecule has 25 heavy (non-hydrogen) atoms. The summed E-state index contributed by atoms with van der Waals surface area (Å²) in [7, 11) is 3.12. The van der Waals surface area contributed by atoms with Gasteiger partial charge in [0.2, 0.25) is 0 Å². The van der Waals surface area contributed by atoms with Crippen molar-refractivity contribution in [2.75, 3.05) is 26.1 Å². The van der Waals surface area contributed by atoms with Crippen molar-refractivity contribution in [3.8, 4) is 17.2 Å². The van der Waals surface area contributed by atoms with Gasteiger partial charge in [-0.05, 0) is 52.7 Å². The SMILES string of the molecule is CCCCOc1ccc(C(=O)Nc2ccc(OC)c(OC)c2)cc1Br. The van der Waals surface area contributed by atoms with Crippen LogP contribution in [0.4, 0.5) is 5.69 Å². The molecule has 1 amide bonds. The van der Waals surface area contributed by atoms with Gasteiger partial charge in [0.1, 0.15) is 5.75 Å². The zero-order chi connectivity index (χ0) is 18.2. The molecule has 0 bridgehead atoms. The van der Waals surface area contributed by atoms with Crippen LogP contribution in [-0.2, 0) is 0 Å². The molecule has 134 valence electrons. The minimum Gasteiger partial charge on any atom is -0.493 e. The van der Waals surface area contributed by atoms with Crippen LogP contribution < -0.4 is 19.5 Å². The second kappa shape index (κ2) is 9.32. The molecule has 0 aliphatic carbocycles. The summed E-state index contributed by atoms with van der Waals surface area (Å²) in [5.41, 5.74) is 1.16. The van der Waals surface area contributed by atoms with E-state index in [1.165, 1.54) is 0 Å². The van der Waals surface area contributed by atoms with Gasteiger partial charge in [-0.15, -0.1) is 0 Å². The summed E-state index contributed by atoms with van der Waals surface area (Å²) in [5, 5.41) is 2.85. The molecule has 5 nitrogen and oxygen atoms in total. The molecule has 0 aliphatic heterocycles. The fourth-order valence-corrected chi connectivity index (χ4v) is 2.70. The number of hydrogen-bond acceptors (Lipinski definition) is 4. The van der Waals surface area contributed by atoms with E-state index in [1.807, 2.05) is 0 Å². The Balaban J connectivity index is 2.09. The third kappa shape index (κ3) is 5.13. The van der Waals surface area contributed by atoms with Crippen LogP contribution in [0.1, 0.15) is 30.1 Å². The lowest BCUT2D eigenvalue weighted by molar-refractivity contribution is 0.102. The lowest BCUT2D eigenvalue weighted by Crippen LogP contribution is -2.12. The smallest absolute Gasteiger partial charge is 0.255 e. The van der Waals surface area contributed by atoms with E-state index < -0.39 is 0 Å². The van der Waals surface area contributed by atoms with Gasteiger partial charge >= 0.3 is 0 Å². The molecule has 1 N–H and O–H groups in total. The fourth-order valence-electron chi connectivity index (χ4n) is 2.20. The number of benzene rings is 2. The molecule has 2 aromatic carbocycles. The van der Waals surface area contributed by atoms with Crippen molar-refractivity contribution in [1.29, 1.82) is 0 Å². The van der Waals surface area contributed by atoms with Gasteiger partial charge in [-0.1, -0.05) is 13.3 Å². The zero-order valence-corrected chi connectivity index (χ0v) is 16.2. The highest BCUT2D eigenvalue weighted by atomic mass is 79.9. The normalized spacial score (nSPS) is 10.2. The Kier molecular flexibility index (Phi) is 7.13. The molecule has 6 heteroatoms. The first kappa shape index (κ1) is 19.1. The van der Waals surface area contributed by atoms with E-state index in [4.69, 9.17) is 14.2 Å². The van der Waals surface area contributed by atoms with Crippen LogP contribution in [-0.4, -0.2) is 26.7 Å². The van der Waals surface area contributed by atoms with Crippen LogP contribution in [0.3, 0.4) is 0 Å². The summed E-state index contributed by atoms with van der Waals surface area (Å²) in [4.78, 5) is 12.4. The van der Waals surface area contributed by atoms with Crippen LogP contribution in [0.5, 0.6) is 17.2 Å². The molecule has 0 fully saturated rings. The number of anilines is 1. The predicted molar refractivity (Wildman–Crippen MR) is 102 cm³/mol. The molecule has 0 atom stereocenters. The van der Waals surface area contributed by atoms with Gasteiger partial charge in [0, 0.05) is 17.3 Å². The van der Waals surface area contributed by atoms with Gasteiger partial charge in [0.15, 0.2) is 11.5 Å². The average Bonchev–Trinajstić information content (AvgIpc) is 2.63. The Morgan fingerprint density at radius 2 is 1.76 bits per heavy atom. The second-order valence-corrected chi connectivity index (χ2v) is 6.23. The van der Waals surface area contributed by atoms with Crippen molar-refractivity contribution < 1.29 is 19.0 Å². The van der Waals surface area contributed by atoms with E-state index in [0.29, 0.717) is 29.4 Å². The molecular formula is C19H22BrNO4. The lowest BCUT2D eigenvalue weighted by Gasteiger charge is -2.12. The Labute approximate surface area is 156 Å². The summed E-state index contributed by atoms with van der Waals surface area (Å²) in [6, 6.07) is 10.5. The highest BCUT2D eigenvalue weighted by molar-refractivity contribution is 9.10. The van der Waals surface area contributed by atoms with Gasteiger partial charge < -0.3 is 19.5 Å². The maximum Gasteiger partial charge on any atom is 0.255 e. The number of halogens is 1. The molecule has 0 aromatic heterocycles. The highest BCUT2D eigenvalue weighted by Crippen LogP contribution is 2.30. The van der Waals surface area contributed by atoms with Crippen molar-refractivity contribution in [2.45, 2.75) is 19.8 Å². The minimum absolute atomic E-state index is 0.215. The highest BCUT2D eigenvalue weighted by Gasteiger charge is 2.11. The number of rotatable bonds is 8. The monoisotopic (exact) mass is 407 g/mol. The Bertz CT molecular complexity index is 733. The van der Waals surface area contributed by atoms with Crippen molar-refractivity contribution in [2.24, 2.45) is 0 Å². The van der Waals surface area contributed by atoms with E-state index in [2.05, 4.69) is 28.2 Å². The molecule has 0 unspecified atom stereocenters. The fraction of sp³-hybridized carbons (Fsp3) is 0.316. The van der Waals surface area contributed by atoms with Crippen LogP contribution in [0.25, 0.3) is 0 Å². The van der Waals surface area contributed by atoms with Crippen molar-refractivity contribution >= 4 is 27.5 Å². The molecule has 0 saturated carbocycles. The third-order valence-corrected chi connectivity index (χ3v) is 4.21. The van der Waals surface area contributed by atoms with E-state index >= 15 is 0 Å². The van der Waals surface area contributed by atoms with Crippen LogP contribution in [0.15, 0.2) is 40.9 Å². The molecule has 0 radical (unpaired) electrons. The second-order valence-electron chi connectivity index (χ2n) is 5.37. The largest absolute Gasteiger partial charge is 0.493 e. The Morgan fingerprint density at radius 3 is 2.40 bits per heavy atom. The van der Waals surface area contributed by atoms with E-state index in [1.54, 1.807) is 50.6 Å². The Hall–Kier alpha value is -2.21. The van der Waals surface area contributed by atoms with E-state index in [-0.39, 0.29) is 5.91 Å². The van der Waals surface area contributed by atoms with Crippen LogP contribution in [0, 0.1) is 0 Å². The third-order valence-electron chi connectivity index (χ3n) is 3.59. The summed E-state index contributed by atoms with van der Waals surface area (Å²) in [6.45, 7) is 2.77. The van der Waals surface area contributed by atoms with Gasteiger partial charge in [-0.2, -0.15) is 0 Å². The molecule has 2 rings (SSSR count). The van der Waals surface area contributed by atoms with Crippen molar-refractivity contribution in [3.63, 3.8) is 0 Å². The number of unbranched alkanes of at least 4 members (excludes halogenated alkanes) is 1. The summed E-state index contributed by atoms with van der Waals surface area (Å²) in [6.07, 6.45) is 2.07. The maximum absolute atomic E-state index is 12.4. The number of nitrogens with one attached hydrogen (secondary N) is 1. The number of ether oxygens (including phenoxy) is 3. The number of carbonyl (C=O) groups is 1. The van der Waals surface area contributed by atoms with Gasteiger partial charge in [-0.3, -0.25) is 4.79 Å². The number of carbonyl (C=O) groups excluding carboxylic acids is 1. The number of methoxy groups -OCH3 is 2. The first-order valence-corrected chi connectivity index (χ1v) is 8.84. The quantitative estimate of drug-likeness (QED) is 0.632. The van der Waals surface area contributed by atoms with E-state index in [9.17, 15) is 4.79 Å². The topological polar surface area (TPSA) is 56.8 Å². The first-order valence-electron chi connectivity index (χ1n) is 8.04. The van der Waals surface area contributed by atoms with Crippen molar-refractivity contribution in [3.05, 3.63) is 46.4 Å². The number of hydrogen-bond donors (Lipinski definition) is 1. The van der Waals surface area contributed by atoms with E-state index in [0.717, 1.165) is 23.1 Å². The van der Waals surface area contributed by atoms with Crippen LogP contribution >= 0.6 is 15.9 Å². The maximum atomic E-state index is 12.4. The summed E-state index contributed by atoms with van der Waals surface area (Å²) < 4.78 is 16.9. The molecule has 0 spiro atoms. The van der Waals surface area contributed by atoms with Gasteiger partial charge in [-0.25, -0.2) is 0 Å². The molecule has 0 aliphatic rings. The summed E-state index contributed by atoms with van der Waals surface area (Å²) >= 11 is 3.45. The summed E-state index contributed by atoms with van der Waals surface area (Å²) in [5.74, 6) is 1.68. The van der Waals surface area contributed by atoms with Crippen molar-refractivity contribution in [1.82, 2.24) is 0 Å². The predicted octanol–water partition coefficient (Wildman–Crippen LogP) is 4.90. The molecule has 0 saturated heterocycles. The first-order chi connectivity index (χ1) is 12.1. The van der Waals surface area contributed by atoms with Gasteiger partial charge in [0.25, 0.3) is 5.91 Å². The van der Waals surface area contributed by atoms with Gasteiger partial charge in [0.05, 0.1) is 25.3 Å². The average molecular weight is 408 g/mol. The minimum atomic E-state index is -0.215. The van der Waals surface area contributed by atoms with Crippen LogP contribution in [0.2, 0.25) is 0 Å². The molecule has 2 aromatic rings. The standard InChI is InChI=1S/C19H22BrNO4/c1-4-5-10-25-16-8-6-13(11-15(16)20)19(22)21-14-7-9-17(23-2)18(12-14)24-3/h6-9,11-12H,4-5,10H2,1-3H3,(H,21,22). The number of amides is 1. The molecule has 0 heterocycles. The zero-order valence-electron chi connectivity index (χ0n) is 14.6. The molecular weight excluding hydrogens is 386 g/mol. The Morgan fingerprint density at radius 1 is 1.04 bits per heavy atom.